The Morgan fingerprint density at radius 2 is 1.89 bits per heavy atom. The molecule has 0 amide bonds. The standard InChI is InChI=1S/C16H17ClFN/c1-10-3-4-11(2)12(7-10)8-16(19)14-9-13(17)5-6-15(14)18/h3-7,9,16H,8,19H2,1-2H3. The summed E-state index contributed by atoms with van der Waals surface area (Å²) in [6, 6.07) is 10.3. The zero-order valence-electron chi connectivity index (χ0n) is 11.1. The van der Waals surface area contributed by atoms with Gasteiger partial charge >= 0.3 is 0 Å². The minimum atomic E-state index is -0.390. The Kier molecular flexibility index (Phi) is 4.23. The summed E-state index contributed by atoms with van der Waals surface area (Å²) >= 11 is 5.90. The molecular formula is C16H17ClFN. The molecule has 0 heterocycles. The second kappa shape index (κ2) is 5.72. The van der Waals surface area contributed by atoms with Gasteiger partial charge in [0.25, 0.3) is 0 Å². The monoisotopic (exact) mass is 277 g/mol. The SMILES string of the molecule is Cc1ccc(C)c(CC(N)c2cc(Cl)ccc2F)c1. The smallest absolute Gasteiger partial charge is 0.128 e. The third-order valence-electron chi connectivity index (χ3n) is 3.30. The Labute approximate surface area is 118 Å². The highest BCUT2D eigenvalue weighted by Crippen LogP contribution is 2.24. The molecule has 0 radical (unpaired) electrons. The summed E-state index contributed by atoms with van der Waals surface area (Å²) in [4.78, 5) is 0. The van der Waals surface area contributed by atoms with Crippen molar-refractivity contribution in [3.05, 3.63) is 69.5 Å². The summed E-state index contributed by atoms with van der Waals surface area (Å²) in [6.07, 6.45) is 0.602. The van der Waals surface area contributed by atoms with Crippen molar-refractivity contribution in [2.75, 3.05) is 0 Å². The molecule has 2 aromatic carbocycles. The van der Waals surface area contributed by atoms with Crippen molar-refractivity contribution in [3.63, 3.8) is 0 Å². The molecule has 0 bridgehead atoms. The Balaban J connectivity index is 2.27. The summed E-state index contributed by atoms with van der Waals surface area (Å²) in [5.74, 6) is -0.304. The Morgan fingerprint density at radius 3 is 2.63 bits per heavy atom. The molecule has 1 unspecified atom stereocenters. The molecule has 1 atom stereocenters. The lowest BCUT2D eigenvalue weighted by molar-refractivity contribution is 0.580. The predicted molar refractivity (Wildman–Crippen MR) is 78.0 cm³/mol. The predicted octanol–water partition coefficient (Wildman–Crippen LogP) is 4.34. The topological polar surface area (TPSA) is 26.0 Å². The van der Waals surface area contributed by atoms with E-state index in [0.29, 0.717) is 17.0 Å². The quantitative estimate of drug-likeness (QED) is 0.887. The van der Waals surface area contributed by atoms with Gasteiger partial charge in [-0.3, -0.25) is 0 Å². The van der Waals surface area contributed by atoms with E-state index in [4.69, 9.17) is 17.3 Å². The first-order valence-corrected chi connectivity index (χ1v) is 6.62. The van der Waals surface area contributed by atoms with E-state index in [1.165, 1.54) is 23.3 Å². The van der Waals surface area contributed by atoms with Gasteiger partial charge in [-0.1, -0.05) is 35.4 Å². The average Bonchev–Trinajstić information content (AvgIpc) is 2.36. The molecule has 2 rings (SSSR count). The number of hydrogen-bond acceptors (Lipinski definition) is 1. The molecule has 0 aliphatic heterocycles. The molecule has 0 saturated heterocycles. The van der Waals surface area contributed by atoms with Gasteiger partial charge in [0.05, 0.1) is 0 Å². The zero-order valence-corrected chi connectivity index (χ0v) is 11.8. The second-order valence-electron chi connectivity index (χ2n) is 4.91. The number of aryl methyl sites for hydroxylation is 2. The molecule has 3 heteroatoms. The van der Waals surface area contributed by atoms with Gasteiger partial charge in [0.1, 0.15) is 5.82 Å². The first kappa shape index (κ1) is 14.0. The van der Waals surface area contributed by atoms with E-state index in [9.17, 15) is 4.39 Å². The van der Waals surface area contributed by atoms with E-state index >= 15 is 0 Å². The maximum atomic E-state index is 13.8. The van der Waals surface area contributed by atoms with E-state index in [1.54, 1.807) is 6.07 Å². The molecule has 0 aliphatic carbocycles. The number of rotatable bonds is 3. The Morgan fingerprint density at radius 1 is 1.16 bits per heavy atom. The van der Waals surface area contributed by atoms with Gasteiger partial charge < -0.3 is 5.73 Å². The van der Waals surface area contributed by atoms with Crippen LogP contribution in [0.15, 0.2) is 36.4 Å². The molecule has 0 spiro atoms. The van der Waals surface area contributed by atoms with Crippen molar-refractivity contribution in [3.8, 4) is 0 Å². The first-order chi connectivity index (χ1) is 8.97. The number of benzene rings is 2. The third-order valence-corrected chi connectivity index (χ3v) is 3.54. The van der Waals surface area contributed by atoms with Crippen LogP contribution in [0.2, 0.25) is 5.02 Å². The maximum absolute atomic E-state index is 13.8. The lowest BCUT2D eigenvalue weighted by Gasteiger charge is -2.15. The van der Waals surface area contributed by atoms with Crippen LogP contribution in [0, 0.1) is 19.7 Å². The minimum absolute atomic E-state index is 0.304. The molecule has 100 valence electrons. The van der Waals surface area contributed by atoms with Gasteiger partial charge in [0.15, 0.2) is 0 Å². The fourth-order valence-corrected chi connectivity index (χ4v) is 2.35. The van der Waals surface area contributed by atoms with E-state index < -0.39 is 0 Å². The van der Waals surface area contributed by atoms with E-state index in [1.807, 2.05) is 13.8 Å². The first-order valence-electron chi connectivity index (χ1n) is 6.24. The highest BCUT2D eigenvalue weighted by molar-refractivity contribution is 6.30. The molecule has 0 saturated carbocycles. The molecule has 0 aliphatic rings. The van der Waals surface area contributed by atoms with E-state index in [2.05, 4.69) is 18.2 Å². The van der Waals surface area contributed by atoms with E-state index in [0.717, 1.165) is 5.56 Å². The summed E-state index contributed by atoms with van der Waals surface area (Å²) in [5.41, 5.74) is 10.1. The van der Waals surface area contributed by atoms with Gasteiger partial charge in [-0.25, -0.2) is 4.39 Å². The lowest BCUT2D eigenvalue weighted by Crippen LogP contribution is -2.15. The van der Waals surface area contributed by atoms with Crippen LogP contribution in [0.3, 0.4) is 0 Å². The minimum Gasteiger partial charge on any atom is -0.324 e. The summed E-state index contributed by atoms with van der Waals surface area (Å²) < 4.78 is 13.8. The van der Waals surface area contributed by atoms with Crippen LogP contribution in [0.1, 0.15) is 28.3 Å². The number of halogens is 2. The molecule has 2 aromatic rings. The number of nitrogens with two attached hydrogens (primary N) is 1. The lowest BCUT2D eigenvalue weighted by atomic mass is 9.95. The van der Waals surface area contributed by atoms with Crippen molar-refractivity contribution in [2.24, 2.45) is 5.73 Å². The summed E-state index contributed by atoms with van der Waals surface area (Å²) in [5, 5.41) is 0.507. The van der Waals surface area contributed by atoms with E-state index in [-0.39, 0.29) is 11.9 Å². The highest BCUT2D eigenvalue weighted by atomic mass is 35.5. The molecule has 2 N–H and O–H groups in total. The summed E-state index contributed by atoms with van der Waals surface area (Å²) in [6.45, 7) is 4.07. The fraction of sp³-hybridized carbons (Fsp3) is 0.250. The fourth-order valence-electron chi connectivity index (χ4n) is 2.17. The van der Waals surface area contributed by atoms with Crippen molar-refractivity contribution >= 4 is 11.6 Å². The third kappa shape index (κ3) is 3.34. The normalized spacial score (nSPS) is 12.5. The van der Waals surface area contributed by atoms with Crippen LogP contribution in [0.25, 0.3) is 0 Å². The van der Waals surface area contributed by atoms with Crippen LogP contribution >= 0.6 is 11.6 Å². The summed E-state index contributed by atoms with van der Waals surface area (Å²) in [7, 11) is 0. The van der Waals surface area contributed by atoms with Gasteiger partial charge in [-0.15, -0.1) is 0 Å². The second-order valence-corrected chi connectivity index (χ2v) is 5.34. The van der Waals surface area contributed by atoms with Crippen molar-refractivity contribution in [1.29, 1.82) is 0 Å². The van der Waals surface area contributed by atoms with Gasteiger partial charge in [-0.05, 0) is 49.6 Å². The Bertz CT molecular complexity index is 595. The van der Waals surface area contributed by atoms with Crippen LogP contribution in [-0.4, -0.2) is 0 Å². The maximum Gasteiger partial charge on any atom is 0.128 e. The van der Waals surface area contributed by atoms with Gasteiger partial charge in [0.2, 0.25) is 0 Å². The largest absolute Gasteiger partial charge is 0.324 e. The average molecular weight is 278 g/mol. The van der Waals surface area contributed by atoms with Crippen LogP contribution in [-0.2, 0) is 6.42 Å². The van der Waals surface area contributed by atoms with Gasteiger partial charge in [0, 0.05) is 16.6 Å². The van der Waals surface area contributed by atoms with Crippen molar-refractivity contribution in [2.45, 2.75) is 26.3 Å². The van der Waals surface area contributed by atoms with Crippen LogP contribution < -0.4 is 5.73 Å². The van der Waals surface area contributed by atoms with Crippen molar-refractivity contribution < 1.29 is 4.39 Å². The molecule has 0 aromatic heterocycles. The van der Waals surface area contributed by atoms with Crippen LogP contribution in [0.4, 0.5) is 4.39 Å². The molecule has 1 nitrogen and oxygen atoms in total. The Hall–Kier alpha value is -1.38. The van der Waals surface area contributed by atoms with Crippen molar-refractivity contribution in [1.82, 2.24) is 0 Å². The van der Waals surface area contributed by atoms with Crippen LogP contribution in [0.5, 0.6) is 0 Å². The zero-order chi connectivity index (χ0) is 14.0. The highest BCUT2D eigenvalue weighted by Gasteiger charge is 2.14. The molecule has 0 fully saturated rings. The van der Waals surface area contributed by atoms with Gasteiger partial charge in [-0.2, -0.15) is 0 Å². The molecule has 19 heavy (non-hydrogen) atoms. The number of hydrogen-bond donors (Lipinski definition) is 1. The molecular weight excluding hydrogens is 261 g/mol.